The zero-order chi connectivity index (χ0) is 13.8. The van der Waals surface area contributed by atoms with Crippen LogP contribution in [0.25, 0.3) is 10.9 Å². The van der Waals surface area contributed by atoms with Crippen LogP contribution >= 0.6 is 0 Å². The molecule has 3 heteroatoms. The molecule has 1 aliphatic carbocycles. The van der Waals surface area contributed by atoms with Crippen LogP contribution in [0.1, 0.15) is 32.1 Å². The van der Waals surface area contributed by atoms with Gasteiger partial charge < -0.3 is 15.6 Å². The molecule has 0 bridgehead atoms. The second kappa shape index (κ2) is 6.42. The van der Waals surface area contributed by atoms with E-state index >= 15 is 0 Å². The van der Waals surface area contributed by atoms with Gasteiger partial charge in [-0.1, -0.05) is 18.2 Å². The Bertz CT molecular complexity index is 538. The summed E-state index contributed by atoms with van der Waals surface area (Å²) in [5.74, 6) is 0. The highest BCUT2D eigenvalue weighted by molar-refractivity contribution is 5.79. The summed E-state index contributed by atoms with van der Waals surface area (Å²) in [6.07, 6.45) is 8.23. The first-order valence-corrected chi connectivity index (χ1v) is 7.86. The molecule has 108 valence electrons. The van der Waals surface area contributed by atoms with Crippen molar-refractivity contribution in [2.45, 2.75) is 50.7 Å². The third-order valence-electron chi connectivity index (χ3n) is 4.46. The summed E-state index contributed by atoms with van der Waals surface area (Å²) in [7, 11) is 0. The molecular weight excluding hydrogens is 246 g/mol. The Morgan fingerprint density at radius 2 is 1.90 bits per heavy atom. The molecule has 20 heavy (non-hydrogen) atoms. The quantitative estimate of drug-likeness (QED) is 0.821. The predicted molar refractivity (Wildman–Crippen MR) is 84.8 cm³/mol. The molecule has 0 saturated heterocycles. The number of nitrogens with two attached hydrogens (primary N) is 1. The first-order chi connectivity index (χ1) is 9.83. The van der Waals surface area contributed by atoms with E-state index in [-0.39, 0.29) is 0 Å². The van der Waals surface area contributed by atoms with E-state index < -0.39 is 0 Å². The van der Waals surface area contributed by atoms with Crippen LogP contribution in [-0.4, -0.2) is 23.2 Å². The zero-order valence-corrected chi connectivity index (χ0v) is 12.1. The number of benzene rings is 1. The molecule has 0 atom stereocenters. The highest BCUT2D eigenvalue weighted by Crippen LogP contribution is 2.17. The lowest BCUT2D eigenvalue weighted by Gasteiger charge is -2.27. The minimum absolute atomic E-state index is 0.444. The van der Waals surface area contributed by atoms with Crippen molar-refractivity contribution >= 4 is 10.9 Å². The van der Waals surface area contributed by atoms with E-state index in [1.165, 1.54) is 43.0 Å². The van der Waals surface area contributed by atoms with Crippen molar-refractivity contribution in [2.75, 3.05) is 6.54 Å². The summed E-state index contributed by atoms with van der Waals surface area (Å²) >= 11 is 0. The molecule has 0 unspecified atom stereocenters. The number of rotatable bonds is 5. The van der Waals surface area contributed by atoms with Crippen LogP contribution in [0.4, 0.5) is 0 Å². The van der Waals surface area contributed by atoms with Gasteiger partial charge in [-0.05, 0) is 56.2 Å². The van der Waals surface area contributed by atoms with Gasteiger partial charge in [0, 0.05) is 30.3 Å². The van der Waals surface area contributed by atoms with Crippen LogP contribution in [-0.2, 0) is 6.54 Å². The maximum atomic E-state index is 5.94. The van der Waals surface area contributed by atoms with E-state index in [2.05, 4.69) is 46.4 Å². The average molecular weight is 271 g/mol. The van der Waals surface area contributed by atoms with Gasteiger partial charge in [-0.2, -0.15) is 0 Å². The molecule has 1 fully saturated rings. The van der Waals surface area contributed by atoms with Gasteiger partial charge in [-0.15, -0.1) is 0 Å². The normalized spacial score (nSPS) is 23.2. The number of para-hydroxylation sites is 1. The van der Waals surface area contributed by atoms with Crippen LogP contribution in [0.15, 0.2) is 36.5 Å². The Balaban J connectivity index is 1.44. The lowest BCUT2D eigenvalue weighted by molar-refractivity contribution is 0.340. The van der Waals surface area contributed by atoms with Crippen molar-refractivity contribution in [3.05, 3.63) is 36.5 Å². The van der Waals surface area contributed by atoms with E-state index in [4.69, 9.17) is 5.73 Å². The van der Waals surface area contributed by atoms with Crippen molar-refractivity contribution in [1.29, 1.82) is 0 Å². The Morgan fingerprint density at radius 1 is 1.10 bits per heavy atom. The second-order valence-corrected chi connectivity index (χ2v) is 5.99. The van der Waals surface area contributed by atoms with Gasteiger partial charge in [0.1, 0.15) is 0 Å². The summed E-state index contributed by atoms with van der Waals surface area (Å²) < 4.78 is 2.35. The van der Waals surface area contributed by atoms with Crippen LogP contribution in [0.3, 0.4) is 0 Å². The Labute approximate surface area is 121 Å². The fourth-order valence-electron chi connectivity index (χ4n) is 3.21. The molecule has 3 nitrogen and oxygen atoms in total. The molecule has 1 aromatic carbocycles. The summed E-state index contributed by atoms with van der Waals surface area (Å²) in [4.78, 5) is 0. The summed E-state index contributed by atoms with van der Waals surface area (Å²) in [5, 5.41) is 5.02. The molecule has 2 aromatic rings. The van der Waals surface area contributed by atoms with Crippen molar-refractivity contribution in [3.8, 4) is 0 Å². The number of nitrogens with one attached hydrogen (secondary N) is 1. The van der Waals surface area contributed by atoms with E-state index in [1.54, 1.807) is 0 Å². The zero-order valence-electron chi connectivity index (χ0n) is 12.1. The average Bonchev–Trinajstić information content (AvgIpc) is 2.89. The summed E-state index contributed by atoms with van der Waals surface area (Å²) in [6, 6.07) is 11.9. The molecule has 3 rings (SSSR count). The lowest BCUT2D eigenvalue weighted by atomic mass is 9.92. The highest BCUT2D eigenvalue weighted by atomic mass is 15.0. The van der Waals surface area contributed by atoms with Gasteiger partial charge in [0.05, 0.1) is 0 Å². The molecule has 3 N–H and O–H groups in total. The van der Waals surface area contributed by atoms with E-state index in [0.29, 0.717) is 12.1 Å². The third-order valence-corrected chi connectivity index (χ3v) is 4.46. The Morgan fingerprint density at radius 3 is 2.75 bits per heavy atom. The standard InChI is InChI=1S/C17H25N3/c18-15-6-8-16(9-7-15)19-11-3-12-20-13-10-14-4-1-2-5-17(14)20/h1-2,4-5,10,13,15-16,19H,3,6-9,11-12,18H2. The number of hydrogen-bond donors (Lipinski definition) is 2. The van der Waals surface area contributed by atoms with Crippen LogP contribution in [0.5, 0.6) is 0 Å². The largest absolute Gasteiger partial charge is 0.347 e. The van der Waals surface area contributed by atoms with E-state index in [9.17, 15) is 0 Å². The number of aromatic nitrogens is 1. The predicted octanol–water partition coefficient (Wildman–Crippen LogP) is 2.89. The smallest absolute Gasteiger partial charge is 0.0480 e. The molecule has 1 saturated carbocycles. The number of hydrogen-bond acceptors (Lipinski definition) is 2. The minimum Gasteiger partial charge on any atom is -0.347 e. The fraction of sp³-hybridized carbons (Fsp3) is 0.529. The minimum atomic E-state index is 0.444. The summed E-state index contributed by atoms with van der Waals surface area (Å²) in [5.41, 5.74) is 7.28. The first kappa shape index (κ1) is 13.7. The maximum Gasteiger partial charge on any atom is 0.0480 e. The Kier molecular flexibility index (Phi) is 4.38. The van der Waals surface area contributed by atoms with Crippen LogP contribution < -0.4 is 11.1 Å². The van der Waals surface area contributed by atoms with E-state index in [0.717, 1.165) is 13.1 Å². The lowest BCUT2D eigenvalue weighted by Crippen LogP contribution is -2.37. The Hall–Kier alpha value is -1.32. The van der Waals surface area contributed by atoms with Crippen molar-refractivity contribution < 1.29 is 0 Å². The molecule has 0 amide bonds. The highest BCUT2D eigenvalue weighted by Gasteiger charge is 2.17. The maximum absolute atomic E-state index is 5.94. The summed E-state index contributed by atoms with van der Waals surface area (Å²) in [6.45, 7) is 2.19. The second-order valence-electron chi connectivity index (χ2n) is 5.99. The first-order valence-electron chi connectivity index (χ1n) is 7.86. The van der Waals surface area contributed by atoms with Crippen molar-refractivity contribution in [3.63, 3.8) is 0 Å². The molecule has 0 aliphatic heterocycles. The fourth-order valence-corrected chi connectivity index (χ4v) is 3.21. The molecule has 1 heterocycles. The molecule has 0 spiro atoms. The van der Waals surface area contributed by atoms with Gasteiger partial charge in [-0.25, -0.2) is 0 Å². The monoisotopic (exact) mass is 271 g/mol. The van der Waals surface area contributed by atoms with Crippen LogP contribution in [0.2, 0.25) is 0 Å². The van der Waals surface area contributed by atoms with Crippen molar-refractivity contribution in [1.82, 2.24) is 9.88 Å². The van der Waals surface area contributed by atoms with Gasteiger partial charge in [-0.3, -0.25) is 0 Å². The van der Waals surface area contributed by atoms with Gasteiger partial charge in [0.25, 0.3) is 0 Å². The van der Waals surface area contributed by atoms with Crippen LogP contribution in [0, 0.1) is 0 Å². The SMILES string of the molecule is NC1CCC(NCCCn2ccc3ccccc32)CC1. The van der Waals surface area contributed by atoms with Crippen molar-refractivity contribution in [2.24, 2.45) is 5.73 Å². The number of nitrogens with zero attached hydrogens (tertiary/aromatic N) is 1. The third kappa shape index (κ3) is 3.22. The molecular formula is C17H25N3. The van der Waals surface area contributed by atoms with Gasteiger partial charge >= 0.3 is 0 Å². The van der Waals surface area contributed by atoms with Gasteiger partial charge in [0.15, 0.2) is 0 Å². The number of aryl methyl sites for hydroxylation is 1. The van der Waals surface area contributed by atoms with E-state index in [1.807, 2.05) is 0 Å². The number of fused-ring (bicyclic) bond motifs is 1. The topological polar surface area (TPSA) is 43.0 Å². The molecule has 1 aliphatic rings. The molecule has 1 aromatic heterocycles. The van der Waals surface area contributed by atoms with Gasteiger partial charge in [0.2, 0.25) is 0 Å². The molecule has 0 radical (unpaired) electrons.